The summed E-state index contributed by atoms with van der Waals surface area (Å²) in [6.45, 7) is 0. The van der Waals surface area contributed by atoms with Gasteiger partial charge in [0.1, 0.15) is 0 Å². The van der Waals surface area contributed by atoms with E-state index in [4.69, 9.17) is 0 Å². The summed E-state index contributed by atoms with van der Waals surface area (Å²) in [6, 6.07) is 28.2. The summed E-state index contributed by atoms with van der Waals surface area (Å²) < 4.78 is 1.16. The van der Waals surface area contributed by atoms with E-state index in [-0.39, 0.29) is 0 Å². The van der Waals surface area contributed by atoms with E-state index in [1.54, 1.807) is 0 Å². The van der Waals surface area contributed by atoms with Crippen molar-refractivity contribution >= 4 is 15.9 Å². The average molecular weight is 387 g/mol. The van der Waals surface area contributed by atoms with Crippen molar-refractivity contribution in [3.63, 3.8) is 0 Å². The van der Waals surface area contributed by atoms with Crippen molar-refractivity contribution in [2.75, 3.05) is 0 Å². The van der Waals surface area contributed by atoms with Crippen molar-refractivity contribution in [3.8, 4) is 22.3 Å². The lowest BCUT2D eigenvalue weighted by molar-refractivity contribution is 0.853. The Hall–Kier alpha value is -2.38. The molecule has 0 saturated carbocycles. The predicted octanol–water partition coefficient (Wildman–Crippen LogP) is 7.34. The maximum Gasteiger partial charge on any atom is 0.0138 e. The van der Waals surface area contributed by atoms with Gasteiger partial charge in [0.15, 0.2) is 0 Å². The summed E-state index contributed by atoms with van der Waals surface area (Å²) in [5.41, 5.74) is 6.43. The molecule has 1 aliphatic rings. The first kappa shape index (κ1) is 16.1. The SMILES string of the molecule is BrC1=CC(c2cc(-c3ccccc3)cc(-c3ccccc3)c2)CC=C1. The number of rotatable bonds is 3. The largest absolute Gasteiger partial charge is 0.0825 e. The van der Waals surface area contributed by atoms with Crippen LogP contribution >= 0.6 is 15.9 Å². The molecule has 3 aromatic carbocycles. The number of benzene rings is 3. The minimum Gasteiger partial charge on any atom is -0.0825 e. The van der Waals surface area contributed by atoms with Crippen LogP contribution in [0.3, 0.4) is 0 Å². The van der Waals surface area contributed by atoms with E-state index in [9.17, 15) is 0 Å². The molecule has 0 aliphatic heterocycles. The first-order valence-electron chi connectivity index (χ1n) is 8.59. The third kappa shape index (κ3) is 3.67. The van der Waals surface area contributed by atoms with Gasteiger partial charge in [-0.1, -0.05) is 107 Å². The van der Waals surface area contributed by atoms with Gasteiger partial charge in [0.25, 0.3) is 0 Å². The zero-order valence-corrected chi connectivity index (χ0v) is 15.5. The zero-order chi connectivity index (χ0) is 17.1. The van der Waals surface area contributed by atoms with E-state index >= 15 is 0 Å². The molecule has 1 aliphatic carbocycles. The summed E-state index contributed by atoms with van der Waals surface area (Å²) in [4.78, 5) is 0. The van der Waals surface area contributed by atoms with E-state index in [1.807, 2.05) is 0 Å². The molecule has 122 valence electrons. The molecule has 0 N–H and O–H groups in total. The fraction of sp³-hybridized carbons (Fsp3) is 0.0833. The van der Waals surface area contributed by atoms with Crippen molar-refractivity contribution < 1.29 is 0 Å². The zero-order valence-electron chi connectivity index (χ0n) is 13.9. The quantitative estimate of drug-likeness (QED) is 0.441. The van der Waals surface area contributed by atoms with Crippen LogP contribution in [-0.4, -0.2) is 0 Å². The predicted molar refractivity (Wildman–Crippen MR) is 111 cm³/mol. The molecule has 0 spiro atoms. The first-order valence-corrected chi connectivity index (χ1v) is 9.38. The van der Waals surface area contributed by atoms with Gasteiger partial charge in [-0.15, -0.1) is 0 Å². The summed E-state index contributed by atoms with van der Waals surface area (Å²) in [7, 11) is 0. The third-order valence-electron chi connectivity index (χ3n) is 4.63. The van der Waals surface area contributed by atoms with Crippen LogP contribution in [0.5, 0.6) is 0 Å². The van der Waals surface area contributed by atoms with Gasteiger partial charge in [-0.05, 0) is 40.3 Å². The Morgan fingerprint density at radius 3 is 1.76 bits per heavy atom. The Balaban J connectivity index is 1.85. The number of hydrogen-bond donors (Lipinski definition) is 0. The van der Waals surface area contributed by atoms with E-state index in [2.05, 4.69) is 113 Å². The van der Waals surface area contributed by atoms with Crippen molar-refractivity contribution in [2.24, 2.45) is 0 Å². The fourth-order valence-electron chi connectivity index (χ4n) is 3.34. The van der Waals surface area contributed by atoms with Crippen LogP contribution in [-0.2, 0) is 0 Å². The molecule has 4 rings (SSSR count). The summed E-state index contributed by atoms with van der Waals surface area (Å²) in [5, 5.41) is 0. The Bertz CT molecular complexity index is 863. The lowest BCUT2D eigenvalue weighted by atomic mass is 9.87. The third-order valence-corrected chi connectivity index (χ3v) is 5.15. The van der Waals surface area contributed by atoms with Crippen LogP contribution in [0.4, 0.5) is 0 Å². The van der Waals surface area contributed by atoms with Crippen molar-refractivity contribution in [1.82, 2.24) is 0 Å². The maximum absolute atomic E-state index is 3.63. The molecule has 25 heavy (non-hydrogen) atoms. The Morgan fingerprint density at radius 2 is 1.24 bits per heavy atom. The van der Waals surface area contributed by atoms with E-state index in [1.165, 1.54) is 27.8 Å². The summed E-state index contributed by atoms with van der Waals surface area (Å²) in [5.74, 6) is 0.408. The van der Waals surface area contributed by atoms with Crippen LogP contribution in [0.25, 0.3) is 22.3 Å². The van der Waals surface area contributed by atoms with E-state index < -0.39 is 0 Å². The molecule has 1 heteroatoms. The monoisotopic (exact) mass is 386 g/mol. The molecular weight excluding hydrogens is 368 g/mol. The molecule has 1 atom stereocenters. The van der Waals surface area contributed by atoms with Crippen LogP contribution in [0, 0.1) is 0 Å². The van der Waals surface area contributed by atoms with Crippen LogP contribution < -0.4 is 0 Å². The molecule has 0 bridgehead atoms. The van der Waals surface area contributed by atoms with Gasteiger partial charge < -0.3 is 0 Å². The van der Waals surface area contributed by atoms with Crippen LogP contribution in [0.1, 0.15) is 17.9 Å². The number of allylic oxidation sites excluding steroid dienone is 4. The second kappa shape index (κ2) is 7.25. The minimum atomic E-state index is 0.408. The molecular formula is C24H19Br. The maximum atomic E-state index is 3.63. The Kier molecular flexibility index (Phi) is 4.67. The molecule has 0 radical (unpaired) electrons. The molecule has 3 aromatic rings. The highest BCUT2D eigenvalue weighted by Gasteiger charge is 2.14. The van der Waals surface area contributed by atoms with Gasteiger partial charge in [0, 0.05) is 10.4 Å². The number of halogens is 1. The lowest BCUT2D eigenvalue weighted by Crippen LogP contribution is -1.99. The summed E-state index contributed by atoms with van der Waals surface area (Å²) in [6.07, 6.45) is 7.72. The lowest BCUT2D eigenvalue weighted by Gasteiger charge is -2.18. The topological polar surface area (TPSA) is 0 Å². The average Bonchev–Trinajstić information content (AvgIpc) is 2.69. The molecule has 1 unspecified atom stereocenters. The highest BCUT2D eigenvalue weighted by atomic mass is 79.9. The molecule has 0 amide bonds. The highest BCUT2D eigenvalue weighted by molar-refractivity contribution is 9.11. The first-order chi connectivity index (χ1) is 12.3. The second-order valence-corrected chi connectivity index (χ2v) is 7.29. The van der Waals surface area contributed by atoms with Crippen molar-refractivity contribution in [3.05, 3.63) is 107 Å². The van der Waals surface area contributed by atoms with Gasteiger partial charge in [-0.2, -0.15) is 0 Å². The van der Waals surface area contributed by atoms with Crippen molar-refractivity contribution in [1.29, 1.82) is 0 Å². The smallest absolute Gasteiger partial charge is 0.0138 e. The Labute approximate surface area is 157 Å². The fourth-order valence-corrected chi connectivity index (χ4v) is 3.84. The molecule has 0 saturated heterocycles. The Morgan fingerprint density at radius 1 is 0.680 bits per heavy atom. The minimum absolute atomic E-state index is 0.408. The van der Waals surface area contributed by atoms with E-state index in [0.717, 1.165) is 10.9 Å². The van der Waals surface area contributed by atoms with Gasteiger partial charge in [0.2, 0.25) is 0 Å². The standard InChI is InChI=1S/C24H19Br/c25-24-13-7-12-20(17-24)23-15-21(18-8-3-1-4-9-18)14-22(16-23)19-10-5-2-6-11-19/h1-11,13-17,20H,12H2. The normalized spacial score (nSPS) is 16.5. The molecule has 0 fully saturated rings. The number of hydrogen-bond acceptors (Lipinski definition) is 0. The second-order valence-electron chi connectivity index (χ2n) is 6.37. The molecule has 0 aromatic heterocycles. The molecule has 0 nitrogen and oxygen atoms in total. The van der Waals surface area contributed by atoms with Gasteiger partial charge >= 0.3 is 0 Å². The highest BCUT2D eigenvalue weighted by Crippen LogP contribution is 2.35. The van der Waals surface area contributed by atoms with Gasteiger partial charge in [-0.25, -0.2) is 0 Å². The van der Waals surface area contributed by atoms with Crippen molar-refractivity contribution in [2.45, 2.75) is 12.3 Å². The van der Waals surface area contributed by atoms with Crippen LogP contribution in [0.15, 0.2) is 102 Å². The van der Waals surface area contributed by atoms with Gasteiger partial charge in [0.05, 0.1) is 0 Å². The van der Waals surface area contributed by atoms with Gasteiger partial charge in [-0.3, -0.25) is 0 Å². The summed E-state index contributed by atoms with van der Waals surface area (Å²) >= 11 is 3.63. The van der Waals surface area contributed by atoms with Crippen LogP contribution in [0.2, 0.25) is 0 Å². The molecule has 0 heterocycles. The van der Waals surface area contributed by atoms with E-state index in [0.29, 0.717) is 5.92 Å².